The third-order valence-electron chi connectivity index (χ3n) is 8.27. The van der Waals surface area contributed by atoms with Crippen molar-refractivity contribution in [3.05, 3.63) is 83.3 Å². The van der Waals surface area contributed by atoms with Crippen molar-refractivity contribution in [1.29, 1.82) is 0 Å². The van der Waals surface area contributed by atoms with Gasteiger partial charge in [-0.25, -0.2) is 15.1 Å². The standard InChI is InChI=1S/C33H37ClF3N6O5PS/c1-20-16-26(47-31(20)42-15-14-27-29(42)38-19-39-30(27)43(41-50-3)24-10-11-24)18-46-49(48-25-12-8-23(34)9-13-25)40-21(2)32(44)45-17-22-6-4-5-7-28(22)33(35,36)37/h4-9,12-15,19-21,24,26,31,40-41H,10-11,16-18H2,1-3H3. The number of fused-ring (bicyclic) bond motifs is 1. The van der Waals surface area contributed by atoms with Crippen molar-refractivity contribution in [3.8, 4) is 5.75 Å². The van der Waals surface area contributed by atoms with Crippen LogP contribution in [0.2, 0.25) is 5.02 Å². The molecule has 2 aromatic heterocycles. The lowest BCUT2D eigenvalue weighted by atomic mass is 10.1. The number of carbonyl (C=O) groups excluding carboxylic acids is 1. The Morgan fingerprint density at radius 3 is 2.66 bits per heavy atom. The summed E-state index contributed by atoms with van der Waals surface area (Å²) in [6.07, 6.45) is 3.20. The van der Waals surface area contributed by atoms with Gasteiger partial charge in [0.1, 0.15) is 36.6 Å². The van der Waals surface area contributed by atoms with Crippen LogP contribution in [0, 0.1) is 5.92 Å². The number of rotatable bonds is 15. The van der Waals surface area contributed by atoms with Crippen LogP contribution in [0.15, 0.2) is 67.1 Å². The first-order valence-corrected chi connectivity index (χ1v) is 18.8. The number of carbonyl (C=O) groups is 1. The van der Waals surface area contributed by atoms with Gasteiger partial charge in [0.2, 0.25) is 0 Å². The summed E-state index contributed by atoms with van der Waals surface area (Å²) in [5.41, 5.74) is -0.237. The summed E-state index contributed by atoms with van der Waals surface area (Å²) in [4.78, 5) is 25.4. The number of esters is 1. The molecule has 2 aromatic carbocycles. The number of benzene rings is 2. The number of aromatic nitrogens is 3. The van der Waals surface area contributed by atoms with E-state index >= 15 is 0 Å². The minimum absolute atomic E-state index is 0.117. The molecule has 11 nitrogen and oxygen atoms in total. The maximum Gasteiger partial charge on any atom is 0.416 e. The Bertz CT molecular complexity index is 1770. The number of halogens is 4. The van der Waals surface area contributed by atoms with Gasteiger partial charge in [0.15, 0.2) is 5.82 Å². The van der Waals surface area contributed by atoms with Crippen molar-refractivity contribution in [2.45, 2.75) is 70.3 Å². The summed E-state index contributed by atoms with van der Waals surface area (Å²) in [6.45, 7) is 3.23. The summed E-state index contributed by atoms with van der Waals surface area (Å²) in [7, 11) is -1.94. The highest BCUT2D eigenvalue weighted by Crippen LogP contribution is 2.42. The Balaban J connectivity index is 1.11. The van der Waals surface area contributed by atoms with Gasteiger partial charge in [-0.1, -0.05) is 48.7 Å². The van der Waals surface area contributed by atoms with E-state index in [2.05, 4.69) is 31.8 Å². The number of anilines is 1. The molecule has 268 valence electrons. The van der Waals surface area contributed by atoms with E-state index in [1.807, 2.05) is 23.1 Å². The van der Waals surface area contributed by atoms with Crippen molar-refractivity contribution in [3.63, 3.8) is 0 Å². The topological polar surface area (TPSA) is 112 Å². The van der Waals surface area contributed by atoms with Crippen molar-refractivity contribution in [1.82, 2.24) is 24.5 Å². The Hall–Kier alpha value is -3.17. The van der Waals surface area contributed by atoms with E-state index in [0.717, 1.165) is 35.8 Å². The predicted octanol–water partition coefficient (Wildman–Crippen LogP) is 7.82. The molecule has 1 aliphatic heterocycles. The van der Waals surface area contributed by atoms with Crippen LogP contribution in [0.25, 0.3) is 11.0 Å². The number of alkyl halides is 3. The lowest BCUT2D eigenvalue weighted by molar-refractivity contribution is -0.149. The summed E-state index contributed by atoms with van der Waals surface area (Å²) < 4.78 is 66.3. The highest BCUT2D eigenvalue weighted by atomic mass is 35.5. The zero-order valence-electron chi connectivity index (χ0n) is 27.5. The van der Waals surface area contributed by atoms with Crippen molar-refractivity contribution >= 4 is 54.9 Å². The van der Waals surface area contributed by atoms with Crippen LogP contribution in [0.5, 0.6) is 5.75 Å². The van der Waals surface area contributed by atoms with Crippen molar-refractivity contribution < 1.29 is 36.5 Å². The first kappa shape index (κ1) is 36.6. The maximum atomic E-state index is 13.4. The quantitative estimate of drug-likeness (QED) is 0.0537. The fourth-order valence-electron chi connectivity index (χ4n) is 5.68. The Morgan fingerprint density at radius 1 is 1.18 bits per heavy atom. The lowest BCUT2D eigenvalue weighted by Crippen LogP contribution is -2.36. The summed E-state index contributed by atoms with van der Waals surface area (Å²) >= 11 is 7.56. The Morgan fingerprint density at radius 2 is 1.94 bits per heavy atom. The second kappa shape index (κ2) is 16.0. The van der Waals surface area contributed by atoms with Gasteiger partial charge in [-0.15, -0.1) is 0 Å². The van der Waals surface area contributed by atoms with E-state index in [9.17, 15) is 18.0 Å². The van der Waals surface area contributed by atoms with Crippen molar-refractivity contribution in [2.75, 3.05) is 17.9 Å². The number of nitrogens with one attached hydrogen (secondary N) is 2. The van der Waals surface area contributed by atoms with Gasteiger partial charge in [0.25, 0.3) is 0 Å². The first-order valence-electron chi connectivity index (χ1n) is 16.0. The highest BCUT2D eigenvalue weighted by molar-refractivity contribution is 7.96. The fraction of sp³-hybridized carbons (Fsp3) is 0.424. The van der Waals surface area contributed by atoms with Gasteiger partial charge < -0.3 is 23.1 Å². The maximum absolute atomic E-state index is 13.4. The number of hydrazine groups is 1. The number of ether oxygens (including phenoxy) is 2. The molecule has 1 saturated carbocycles. The van der Waals surface area contributed by atoms with Crippen LogP contribution in [0.1, 0.15) is 50.5 Å². The predicted molar refractivity (Wildman–Crippen MR) is 186 cm³/mol. The van der Waals surface area contributed by atoms with Gasteiger partial charge in [0.05, 0.1) is 23.7 Å². The van der Waals surface area contributed by atoms with Gasteiger partial charge in [-0.05, 0) is 68.8 Å². The highest BCUT2D eigenvalue weighted by Gasteiger charge is 2.37. The van der Waals surface area contributed by atoms with E-state index < -0.39 is 38.9 Å². The molecule has 1 aliphatic carbocycles. The van der Waals surface area contributed by atoms with Crippen LogP contribution >= 0.6 is 32.1 Å². The number of hydrogen-bond donors (Lipinski definition) is 2. The smallest absolute Gasteiger partial charge is 0.416 e. The third kappa shape index (κ3) is 8.82. The van der Waals surface area contributed by atoms with Crippen LogP contribution in [0.3, 0.4) is 0 Å². The zero-order valence-corrected chi connectivity index (χ0v) is 29.9. The molecule has 1 saturated heterocycles. The van der Waals surface area contributed by atoms with Gasteiger partial charge >= 0.3 is 20.7 Å². The minimum Gasteiger partial charge on any atom is -0.460 e. The summed E-state index contributed by atoms with van der Waals surface area (Å²) in [5.74, 6) is 0.616. The lowest BCUT2D eigenvalue weighted by Gasteiger charge is -2.24. The zero-order chi connectivity index (χ0) is 35.4. The molecule has 5 unspecified atom stereocenters. The molecule has 5 atom stereocenters. The normalized spacial score (nSPS) is 20.5. The molecule has 50 heavy (non-hydrogen) atoms. The molecule has 0 bridgehead atoms. The van der Waals surface area contributed by atoms with Gasteiger partial charge in [0, 0.05) is 28.7 Å². The molecule has 2 N–H and O–H groups in total. The average Bonchev–Trinajstić information content (AvgIpc) is 3.74. The van der Waals surface area contributed by atoms with Crippen LogP contribution < -0.4 is 19.5 Å². The SMILES string of the molecule is CSNN(c1ncnc2c1ccn2C1OC(COP(NC(C)C(=O)OCc2ccccc2C(F)(F)F)Oc2ccc(Cl)cc2)CC1C)C1CC1. The number of hydrogen-bond acceptors (Lipinski definition) is 11. The molecule has 0 radical (unpaired) electrons. The summed E-state index contributed by atoms with van der Waals surface area (Å²) in [6, 6.07) is 13.0. The number of nitrogens with zero attached hydrogens (tertiary/aromatic N) is 4. The molecule has 4 aromatic rings. The second-order valence-corrected chi connectivity index (χ2v) is 14.4. The molecule has 17 heteroatoms. The largest absolute Gasteiger partial charge is 0.460 e. The minimum atomic E-state index is -4.58. The average molecular weight is 753 g/mol. The molecular formula is C33H37ClF3N6O5PS. The van der Waals surface area contributed by atoms with E-state index in [0.29, 0.717) is 23.2 Å². The van der Waals surface area contributed by atoms with Gasteiger partial charge in [-0.2, -0.15) is 18.0 Å². The second-order valence-electron chi connectivity index (χ2n) is 12.1. The Kier molecular flexibility index (Phi) is 11.7. The molecule has 3 heterocycles. The molecule has 6 rings (SSSR count). The van der Waals surface area contributed by atoms with Crippen LogP contribution in [-0.4, -0.2) is 51.6 Å². The van der Waals surface area contributed by atoms with Gasteiger partial charge in [-0.3, -0.25) is 9.80 Å². The third-order valence-corrected chi connectivity index (χ3v) is 10.3. The summed E-state index contributed by atoms with van der Waals surface area (Å²) in [5, 5.41) is 6.54. The van der Waals surface area contributed by atoms with Crippen molar-refractivity contribution in [2.24, 2.45) is 5.92 Å². The van der Waals surface area contributed by atoms with E-state index in [-0.39, 0.29) is 30.4 Å². The molecule has 0 spiro atoms. The molecule has 0 amide bonds. The molecule has 2 fully saturated rings. The van der Waals surface area contributed by atoms with E-state index in [4.69, 9.17) is 30.1 Å². The van der Waals surface area contributed by atoms with E-state index in [1.165, 1.54) is 37.1 Å². The van der Waals surface area contributed by atoms with E-state index in [1.54, 1.807) is 30.6 Å². The monoisotopic (exact) mass is 752 g/mol. The first-order chi connectivity index (χ1) is 24.0. The fourth-order valence-corrected chi connectivity index (χ4v) is 7.46. The molecule has 2 aliphatic rings. The Labute approximate surface area is 298 Å². The molecular weight excluding hydrogens is 716 g/mol. The van der Waals surface area contributed by atoms with Crippen LogP contribution in [0.4, 0.5) is 19.0 Å². The van der Waals surface area contributed by atoms with Crippen LogP contribution in [-0.2, 0) is 31.6 Å².